The van der Waals surface area contributed by atoms with Gasteiger partial charge in [0.25, 0.3) is 5.91 Å². The molecule has 4 N–H and O–H groups in total. The maximum atomic E-state index is 12.9. The molecular weight excluding hydrogens is 543 g/mol. The number of carbonyl (C=O) groups is 3. The van der Waals surface area contributed by atoms with Crippen molar-refractivity contribution < 1.29 is 32.7 Å². The molecule has 2 amide bonds. The van der Waals surface area contributed by atoms with E-state index in [9.17, 15) is 22.8 Å². The number of carboxylic acids is 1. The summed E-state index contributed by atoms with van der Waals surface area (Å²) in [5.41, 5.74) is 9.51. The number of aliphatic carboxylic acids is 1. The molecular formula is C29H30F3N3O4S. The number of hydrogen-bond acceptors (Lipinski definition) is 5. The van der Waals surface area contributed by atoms with Crippen LogP contribution in [0.4, 0.5) is 18.9 Å². The highest BCUT2D eigenvalue weighted by molar-refractivity contribution is 7.09. The van der Waals surface area contributed by atoms with Crippen LogP contribution in [-0.2, 0) is 33.6 Å². The van der Waals surface area contributed by atoms with Crippen LogP contribution >= 0.6 is 11.3 Å². The van der Waals surface area contributed by atoms with Gasteiger partial charge in [-0.2, -0.15) is 13.2 Å². The third kappa shape index (κ3) is 9.35. The standard InChI is InChI=1S/C27H29N3O2S.C2HF3O2/c28-24(19-23-10-6-18-33-23)27(32)29-22(13-12-20-7-2-1-3-8-20)14-15-26(31)30-17-16-21-9-4-5-11-25(21)30;3-2(4,5)1(6)7/h1-11,14-15,18,22,24H,12-13,16-17,19,28H2,(H,29,32);(H,6,7)/b15-14+;/t22-,24-;/m0./s1. The minimum atomic E-state index is -5.08. The molecule has 0 saturated carbocycles. The summed E-state index contributed by atoms with van der Waals surface area (Å²) < 4.78 is 31.7. The van der Waals surface area contributed by atoms with E-state index in [-0.39, 0.29) is 17.9 Å². The Morgan fingerprint density at radius 2 is 1.73 bits per heavy atom. The predicted molar refractivity (Wildman–Crippen MR) is 148 cm³/mol. The molecule has 2 heterocycles. The molecule has 212 valence electrons. The lowest BCUT2D eigenvalue weighted by Crippen LogP contribution is -2.46. The number of anilines is 1. The van der Waals surface area contributed by atoms with Crippen LogP contribution in [0, 0.1) is 0 Å². The van der Waals surface area contributed by atoms with Crippen LogP contribution < -0.4 is 16.0 Å². The zero-order valence-corrected chi connectivity index (χ0v) is 22.3. The van der Waals surface area contributed by atoms with E-state index in [1.54, 1.807) is 22.3 Å². The Kier molecular flexibility index (Phi) is 11.0. The van der Waals surface area contributed by atoms with E-state index < -0.39 is 18.2 Å². The average Bonchev–Trinajstić information content (AvgIpc) is 3.60. The van der Waals surface area contributed by atoms with Crippen molar-refractivity contribution >= 4 is 34.8 Å². The van der Waals surface area contributed by atoms with Crippen molar-refractivity contribution in [2.75, 3.05) is 11.4 Å². The van der Waals surface area contributed by atoms with Gasteiger partial charge in [-0.25, -0.2) is 4.79 Å². The van der Waals surface area contributed by atoms with Crippen molar-refractivity contribution in [1.29, 1.82) is 0 Å². The van der Waals surface area contributed by atoms with Gasteiger partial charge in [0.1, 0.15) is 0 Å². The number of rotatable bonds is 9. The molecule has 7 nitrogen and oxygen atoms in total. The van der Waals surface area contributed by atoms with E-state index >= 15 is 0 Å². The maximum absolute atomic E-state index is 12.9. The Morgan fingerprint density at radius 3 is 2.38 bits per heavy atom. The Morgan fingerprint density at radius 1 is 1.05 bits per heavy atom. The van der Waals surface area contributed by atoms with Crippen LogP contribution in [-0.4, -0.2) is 47.7 Å². The van der Waals surface area contributed by atoms with Crippen LogP contribution in [0.25, 0.3) is 0 Å². The highest BCUT2D eigenvalue weighted by atomic mass is 32.1. The van der Waals surface area contributed by atoms with Crippen LogP contribution in [0.3, 0.4) is 0 Å². The molecule has 4 rings (SSSR count). The molecule has 3 aromatic rings. The van der Waals surface area contributed by atoms with Gasteiger partial charge < -0.3 is 21.1 Å². The summed E-state index contributed by atoms with van der Waals surface area (Å²) in [4.78, 5) is 37.5. The van der Waals surface area contributed by atoms with Crippen molar-refractivity contribution in [3.05, 3.63) is 100 Å². The Hall–Kier alpha value is -3.96. The lowest BCUT2D eigenvalue weighted by Gasteiger charge is -2.19. The molecule has 1 aliphatic heterocycles. The van der Waals surface area contributed by atoms with Gasteiger partial charge in [0.15, 0.2) is 0 Å². The van der Waals surface area contributed by atoms with Crippen molar-refractivity contribution in [1.82, 2.24) is 5.32 Å². The fourth-order valence-corrected chi connectivity index (χ4v) is 4.83. The number of carboxylic acid groups (broad SMARTS) is 1. The SMILES string of the molecule is N[C@@H](Cc1cccs1)C(=O)N[C@H](/C=C/C(=O)N1CCc2ccccc21)CCc1ccccc1.O=C(O)C(F)(F)F. The number of nitrogens with zero attached hydrogens (tertiary/aromatic N) is 1. The second kappa shape index (κ2) is 14.4. The predicted octanol–water partition coefficient (Wildman–Crippen LogP) is 4.51. The first-order valence-corrected chi connectivity index (χ1v) is 13.4. The van der Waals surface area contributed by atoms with Crippen molar-refractivity contribution in [2.24, 2.45) is 5.73 Å². The first kappa shape index (κ1) is 30.6. The second-order valence-electron chi connectivity index (χ2n) is 9.06. The molecule has 1 aliphatic rings. The van der Waals surface area contributed by atoms with E-state index in [4.69, 9.17) is 15.6 Å². The normalized spacial score (nSPS) is 14.2. The van der Waals surface area contributed by atoms with E-state index in [2.05, 4.69) is 23.5 Å². The molecule has 40 heavy (non-hydrogen) atoms. The van der Waals surface area contributed by atoms with E-state index in [1.165, 1.54) is 11.1 Å². The van der Waals surface area contributed by atoms with Crippen molar-refractivity contribution in [2.45, 2.75) is 43.9 Å². The average molecular weight is 574 g/mol. The smallest absolute Gasteiger partial charge is 0.475 e. The minimum Gasteiger partial charge on any atom is -0.475 e. The van der Waals surface area contributed by atoms with Crippen LogP contribution in [0.15, 0.2) is 84.3 Å². The summed E-state index contributed by atoms with van der Waals surface area (Å²) in [5, 5.41) is 12.2. The third-order valence-electron chi connectivity index (χ3n) is 6.12. The Labute approximate surface area is 234 Å². The summed E-state index contributed by atoms with van der Waals surface area (Å²) in [6.45, 7) is 0.676. The number of nitrogens with one attached hydrogen (secondary N) is 1. The van der Waals surface area contributed by atoms with E-state index in [0.717, 1.165) is 23.4 Å². The van der Waals surface area contributed by atoms with E-state index in [1.807, 2.05) is 60.0 Å². The summed E-state index contributed by atoms with van der Waals surface area (Å²) in [5.74, 6) is -3.03. The summed E-state index contributed by atoms with van der Waals surface area (Å²) >= 11 is 1.59. The third-order valence-corrected chi connectivity index (χ3v) is 7.02. The number of amides is 2. The number of thiophene rings is 1. The zero-order valence-electron chi connectivity index (χ0n) is 21.5. The molecule has 0 fully saturated rings. The number of benzene rings is 2. The fraction of sp³-hybridized carbons (Fsp3) is 0.276. The van der Waals surface area contributed by atoms with Crippen LogP contribution in [0.1, 0.15) is 22.4 Å². The molecule has 2 atom stereocenters. The number of carbonyl (C=O) groups excluding carboxylic acids is 2. The highest BCUT2D eigenvalue weighted by Crippen LogP contribution is 2.27. The lowest BCUT2D eigenvalue weighted by molar-refractivity contribution is -0.192. The Balaban J connectivity index is 0.000000559. The molecule has 1 aromatic heterocycles. The number of hydrogen-bond donors (Lipinski definition) is 3. The molecule has 2 aromatic carbocycles. The van der Waals surface area contributed by atoms with Gasteiger partial charge in [-0.05, 0) is 47.9 Å². The van der Waals surface area contributed by atoms with Crippen molar-refractivity contribution in [3.8, 4) is 0 Å². The summed E-state index contributed by atoms with van der Waals surface area (Å²) in [7, 11) is 0. The lowest BCUT2D eigenvalue weighted by atomic mass is 10.0. The molecule has 0 radical (unpaired) electrons. The molecule has 0 aliphatic carbocycles. The molecule has 0 saturated heterocycles. The van der Waals surface area contributed by atoms with Gasteiger partial charge in [0.2, 0.25) is 5.91 Å². The first-order chi connectivity index (χ1) is 19.0. The van der Waals surface area contributed by atoms with Gasteiger partial charge in [-0.15, -0.1) is 11.3 Å². The number of halogens is 3. The molecule has 0 unspecified atom stereocenters. The molecule has 0 spiro atoms. The van der Waals surface area contributed by atoms with Gasteiger partial charge >= 0.3 is 12.1 Å². The van der Waals surface area contributed by atoms with Crippen LogP contribution in [0.2, 0.25) is 0 Å². The monoisotopic (exact) mass is 573 g/mol. The highest BCUT2D eigenvalue weighted by Gasteiger charge is 2.38. The van der Waals surface area contributed by atoms with E-state index in [0.29, 0.717) is 19.4 Å². The summed E-state index contributed by atoms with van der Waals surface area (Å²) in [6, 6.07) is 21.1. The second-order valence-corrected chi connectivity index (χ2v) is 10.1. The van der Waals surface area contributed by atoms with Crippen LogP contribution in [0.5, 0.6) is 0 Å². The van der Waals surface area contributed by atoms with Crippen molar-refractivity contribution in [3.63, 3.8) is 0 Å². The summed E-state index contributed by atoms with van der Waals surface area (Å²) in [6.07, 6.45) is 1.15. The van der Waals surface area contributed by atoms with Gasteiger partial charge in [-0.3, -0.25) is 9.59 Å². The molecule has 11 heteroatoms. The number of nitrogens with two attached hydrogens (primary N) is 1. The fourth-order valence-electron chi connectivity index (χ4n) is 4.07. The number of fused-ring (bicyclic) bond motifs is 1. The minimum absolute atomic E-state index is 0.0678. The van der Waals surface area contributed by atoms with Gasteiger partial charge in [-0.1, -0.05) is 60.7 Å². The number of para-hydroxylation sites is 1. The zero-order chi connectivity index (χ0) is 29.1. The largest absolute Gasteiger partial charge is 0.490 e. The number of alkyl halides is 3. The number of aryl methyl sites for hydroxylation is 1. The topological polar surface area (TPSA) is 113 Å². The Bertz CT molecular complexity index is 1300. The van der Waals surface area contributed by atoms with Gasteiger partial charge in [0, 0.05) is 35.6 Å². The molecule has 0 bridgehead atoms. The maximum Gasteiger partial charge on any atom is 0.490 e. The first-order valence-electron chi connectivity index (χ1n) is 12.5. The quantitative estimate of drug-likeness (QED) is 0.326. The van der Waals surface area contributed by atoms with Gasteiger partial charge in [0.05, 0.1) is 6.04 Å².